The van der Waals surface area contributed by atoms with Crippen molar-refractivity contribution in [3.63, 3.8) is 0 Å². The molecule has 0 bridgehead atoms. The average Bonchev–Trinajstić information content (AvgIpc) is 3.74. The first kappa shape index (κ1) is 29.7. The molecule has 3 aromatic carbocycles. The van der Waals surface area contributed by atoms with Crippen molar-refractivity contribution in [2.24, 2.45) is 0 Å². The molecule has 6 nitrogen and oxygen atoms in total. The number of fused-ring (bicyclic) bond motifs is 3. The lowest BCUT2D eigenvalue weighted by molar-refractivity contribution is -0.665. The summed E-state index contributed by atoms with van der Waals surface area (Å²) in [6, 6.07) is 21.5. The third kappa shape index (κ3) is 5.45. The Labute approximate surface area is 273 Å². The summed E-state index contributed by atoms with van der Waals surface area (Å²) in [5, 5.41) is 2.45. The number of methoxy groups -OCH3 is 2. The predicted molar refractivity (Wildman–Crippen MR) is 187 cm³/mol. The SMILES string of the molecule is CCN1/C(=C/C=C2C(N3CCOCC3)=C(/C=C/c3sc4ccc(OC)cc4[n+]3CC)c3ccccc3/2)Sc2ccc(OC)cc21. The molecule has 1 fully saturated rings. The van der Waals surface area contributed by atoms with Crippen LogP contribution < -0.4 is 18.9 Å². The summed E-state index contributed by atoms with van der Waals surface area (Å²) in [5.41, 5.74) is 8.75. The highest BCUT2D eigenvalue weighted by Gasteiger charge is 2.31. The van der Waals surface area contributed by atoms with Crippen molar-refractivity contribution in [1.82, 2.24) is 4.90 Å². The Kier molecular flexibility index (Phi) is 8.45. The number of aromatic nitrogens is 1. The molecule has 2 aliphatic heterocycles. The smallest absolute Gasteiger partial charge is 0.262 e. The fraction of sp³-hybridized carbons (Fsp3) is 0.270. The molecule has 0 N–H and O–H groups in total. The highest BCUT2D eigenvalue weighted by molar-refractivity contribution is 8.03. The number of anilines is 1. The van der Waals surface area contributed by atoms with Gasteiger partial charge in [0.25, 0.3) is 5.01 Å². The Hall–Kier alpha value is -3.98. The van der Waals surface area contributed by atoms with Crippen LogP contribution in [0.4, 0.5) is 5.69 Å². The summed E-state index contributed by atoms with van der Waals surface area (Å²) >= 11 is 3.64. The first-order valence-electron chi connectivity index (χ1n) is 15.5. The van der Waals surface area contributed by atoms with Crippen molar-refractivity contribution in [3.8, 4) is 11.5 Å². The molecule has 4 aromatic rings. The Balaban J connectivity index is 1.34. The van der Waals surface area contributed by atoms with Crippen molar-refractivity contribution in [1.29, 1.82) is 0 Å². The summed E-state index contributed by atoms with van der Waals surface area (Å²) < 4.78 is 20.5. The van der Waals surface area contributed by atoms with E-state index in [0.717, 1.165) is 50.9 Å². The molecule has 0 unspecified atom stereocenters. The molecule has 0 amide bonds. The number of hydrogen-bond acceptors (Lipinski definition) is 7. The average molecular weight is 637 g/mol. The zero-order valence-electron chi connectivity index (χ0n) is 26.2. The Bertz CT molecular complexity index is 1880. The van der Waals surface area contributed by atoms with Crippen LogP contribution in [-0.2, 0) is 11.3 Å². The number of rotatable bonds is 8. The first-order chi connectivity index (χ1) is 22.1. The molecular formula is C37H38N3O3S2+. The molecule has 3 heterocycles. The monoisotopic (exact) mass is 636 g/mol. The van der Waals surface area contributed by atoms with Gasteiger partial charge in [-0.05, 0) is 67.5 Å². The normalized spacial score (nSPS) is 18.1. The second kappa shape index (κ2) is 12.8. The van der Waals surface area contributed by atoms with Gasteiger partial charge in [0.2, 0.25) is 5.52 Å². The number of morpholine rings is 1. The van der Waals surface area contributed by atoms with Crippen LogP contribution in [0, 0.1) is 0 Å². The van der Waals surface area contributed by atoms with Gasteiger partial charge in [0.1, 0.15) is 22.7 Å². The zero-order valence-corrected chi connectivity index (χ0v) is 27.8. The quantitative estimate of drug-likeness (QED) is 0.184. The Morgan fingerprint density at radius 2 is 1.64 bits per heavy atom. The lowest BCUT2D eigenvalue weighted by Crippen LogP contribution is -2.35. The standard InChI is InChI=1S/C37H38N3O3S2/c1-5-39-31-23-25(41-3)11-15-33(31)44-35(39)17-13-29-27-9-7-8-10-28(27)30(37(29)38-19-21-43-22-20-38)14-18-36-40(6-2)32-24-26(42-4)12-16-34(32)45-36/h7-18,23-24H,5-6,19-22H2,1-4H3/q+1. The maximum Gasteiger partial charge on any atom is 0.262 e. The number of nitrogens with zero attached hydrogens (tertiary/aromatic N) is 3. The van der Waals surface area contributed by atoms with E-state index in [9.17, 15) is 0 Å². The highest BCUT2D eigenvalue weighted by atomic mass is 32.2. The van der Waals surface area contributed by atoms with Gasteiger partial charge in [-0.2, -0.15) is 4.57 Å². The van der Waals surface area contributed by atoms with E-state index in [1.54, 1.807) is 14.2 Å². The fourth-order valence-corrected chi connectivity index (χ4v) is 8.66. The van der Waals surface area contributed by atoms with Crippen molar-refractivity contribution in [3.05, 3.63) is 106 Å². The topological polar surface area (TPSA) is 38.0 Å². The number of thiazole rings is 1. The van der Waals surface area contributed by atoms with Crippen molar-refractivity contribution >= 4 is 56.2 Å². The van der Waals surface area contributed by atoms with Crippen LogP contribution >= 0.6 is 23.1 Å². The molecule has 8 heteroatoms. The third-order valence-corrected chi connectivity index (χ3v) is 10.9. The summed E-state index contributed by atoms with van der Waals surface area (Å²) in [6.07, 6.45) is 9.25. The van der Waals surface area contributed by atoms with Gasteiger partial charge >= 0.3 is 0 Å². The number of hydrogen-bond donors (Lipinski definition) is 0. The molecule has 1 aliphatic carbocycles. The van der Waals surface area contributed by atoms with E-state index in [-0.39, 0.29) is 0 Å². The summed E-state index contributed by atoms with van der Waals surface area (Å²) in [5.74, 6) is 1.77. The van der Waals surface area contributed by atoms with Crippen LogP contribution in [0.3, 0.4) is 0 Å². The van der Waals surface area contributed by atoms with Crippen LogP contribution in [0.1, 0.15) is 30.0 Å². The van der Waals surface area contributed by atoms with E-state index in [0.29, 0.717) is 0 Å². The molecule has 0 atom stereocenters. The Morgan fingerprint density at radius 3 is 2.40 bits per heavy atom. The molecule has 45 heavy (non-hydrogen) atoms. The molecule has 1 aromatic heterocycles. The summed E-state index contributed by atoms with van der Waals surface area (Å²) in [7, 11) is 3.45. The molecule has 0 radical (unpaired) electrons. The van der Waals surface area contributed by atoms with Crippen LogP contribution in [-0.4, -0.2) is 52.0 Å². The molecule has 3 aliphatic rings. The van der Waals surface area contributed by atoms with E-state index in [4.69, 9.17) is 14.2 Å². The zero-order chi connectivity index (χ0) is 30.9. The van der Waals surface area contributed by atoms with Crippen molar-refractivity contribution < 1.29 is 18.8 Å². The molecule has 230 valence electrons. The lowest BCUT2D eigenvalue weighted by atomic mass is 10.0. The minimum atomic E-state index is 0.732. The van der Waals surface area contributed by atoms with Crippen molar-refractivity contribution in [2.75, 3.05) is 52.0 Å². The highest BCUT2D eigenvalue weighted by Crippen LogP contribution is 2.48. The fourth-order valence-electron chi connectivity index (χ4n) is 6.44. The lowest BCUT2D eigenvalue weighted by Gasteiger charge is -2.31. The second-order valence-corrected chi connectivity index (χ2v) is 13.1. The van der Waals surface area contributed by atoms with E-state index < -0.39 is 0 Å². The van der Waals surface area contributed by atoms with E-state index in [1.165, 1.54) is 58.8 Å². The van der Waals surface area contributed by atoms with Gasteiger partial charge in [-0.15, -0.1) is 0 Å². The van der Waals surface area contributed by atoms with E-state index in [1.807, 2.05) is 35.2 Å². The number of ether oxygens (including phenoxy) is 3. The van der Waals surface area contributed by atoms with Gasteiger partial charge in [0.15, 0.2) is 0 Å². The predicted octanol–water partition coefficient (Wildman–Crippen LogP) is 7.85. The van der Waals surface area contributed by atoms with Gasteiger partial charge in [0, 0.05) is 47.8 Å². The third-order valence-electron chi connectivity index (χ3n) is 8.64. The largest absolute Gasteiger partial charge is 0.497 e. The Morgan fingerprint density at radius 1 is 0.889 bits per heavy atom. The summed E-state index contributed by atoms with van der Waals surface area (Å²) in [4.78, 5) is 6.14. The van der Waals surface area contributed by atoms with Crippen molar-refractivity contribution in [2.45, 2.75) is 25.3 Å². The molecule has 0 saturated carbocycles. The number of benzene rings is 3. The molecule has 7 rings (SSSR count). The first-order valence-corrected chi connectivity index (χ1v) is 17.2. The van der Waals surface area contributed by atoms with Crippen LogP contribution in [0.2, 0.25) is 0 Å². The van der Waals surface area contributed by atoms with Gasteiger partial charge in [-0.25, -0.2) is 0 Å². The van der Waals surface area contributed by atoms with Gasteiger partial charge in [-0.3, -0.25) is 0 Å². The minimum Gasteiger partial charge on any atom is -0.497 e. The summed E-state index contributed by atoms with van der Waals surface area (Å²) in [6.45, 7) is 9.38. The van der Waals surface area contributed by atoms with Crippen LogP contribution in [0.25, 0.3) is 27.4 Å². The second-order valence-electron chi connectivity index (χ2n) is 11.0. The van der Waals surface area contributed by atoms with E-state index >= 15 is 0 Å². The van der Waals surface area contributed by atoms with Crippen LogP contribution in [0.15, 0.2) is 94.5 Å². The van der Waals surface area contributed by atoms with Gasteiger partial charge in [-0.1, -0.05) is 47.4 Å². The van der Waals surface area contributed by atoms with Crippen LogP contribution in [0.5, 0.6) is 11.5 Å². The van der Waals surface area contributed by atoms with E-state index in [2.05, 4.69) is 101 Å². The molecular weight excluding hydrogens is 599 g/mol. The number of allylic oxidation sites excluding steroid dienone is 5. The van der Waals surface area contributed by atoms with Gasteiger partial charge < -0.3 is 24.0 Å². The minimum absolute atomic E-state index is 0.732. The molecule has 0 spiro atoms. The maximum absolute atomic E-state index is 5.80. The number of aryl methyl sites for hydroxylation is 1. The number of thioether (sulfide) groups is 1. The molecule has 1 saturated heterocycles. The maximum atomic E-state index is 5.80. The van der Waals surface area contributed by atoms with Gasteiger partial charge in [0.05, 0.1) is 49.9 Å².